The molecular weight excluding hydrogens is 543 g/mol. The number of piperazine rings is 1. The van der Waals surface area contributed by atoms with E-state index in [2.05, 4.69) is 35.7 Å². The SMILES string of the molecule is C/C(N)=C/C=NCC1(c2cccc(N3Cc4c(cc(CN5CCN(C)C[C@@H]5C(C)C)cc4C(F)(F)F)C3=O)c2)COC1. The van der Waals surface area contributed by atoms with E-state index >= 15 is 0 Å². The number of halogens is 3. The lowest BCUT2D eigenvalue weighted by Crippen LogP contribution is -2.53. The number of carbonyl (C=O) groups excluding carboxylic acids is 1. The van der Waals surface area contributed by atoms with Gasteiger partial charge >= 0.3 is 6.18 Å². The molecule has 2 aromatic carbocycles. The van der Waals surface area contributed by atoms with Crippen LogP contribution in [0.2, 0.25) is 0 Å². The van der Waals surface area contributed by atoms with E-state index in [-0.39, 0.29) is 29.1 Å². The van der Waals surface area contributed by atoms with Crippen LogP contribution in [0.4, 0.5) is 18.9 Å². The van der Waals surface area contributed by atoms with Gasteiger partial charge in [0.2, 0.25) is 0 Å². The van der Waals surface area contributed by atoms with Crippen LogP contribution in [0.25, 0.3) is 0 Å². The van der Waals surface area contributed by atoms with Crippen molar-refractivity contribution in [3.8, 4) is 0 Å². The Labute approximate surface area is 245 Å². The number of anilines is 1. The molecule has 0 saturated carbocycles. The Morgan fingerprint density at radius 1 is 1.21 bits per heavy atom. The van der Waals surface area contributed by atoms with Gasteiger partial charge in [0.1, 0.15) is 0 Å². The quantitative estimate of drug-likeness (QED) is 0.451. The number of hydrogen-bond donors (Lipinski definition) is 1. The Morgan fingerprint density at radius 3 is 2.62 bits per heavy atom. The minimum atomic E-state index is -4.57. The largest absolute Gasteiger partial charge is 0.416 e. The minimum Gasteiger partial charge on any atom is -0.402 e. The zero-order chi connectivity index (χ0) is 30.2. The number of likely N-dealkylation sites (N-methyl/N-ethyl adjacent to an activating group) is 1. The molecule has 42 heavy (non-hydrogen) atoms. The van der Waals surface area contributed by atoms with Crippen molar-refractivity contribution in [2.24, 2.45) is 16.6 Å². The number of fused-ring (bicyclic) bond motifs is 1. The first-order valence-electron chi connectivity index (χ1n) is 14.5. The van der Waals surface area contributed by atoms with Gasteiger partial charge in [0.25, 0.3) is 5.91 Å². The normalized spacial score (nSPS) is 21.8. The molecule has 0 aromatic heterocycles. The van der Waals surface area contributed by atoms with Gasteiger partial charge in [-0.2, -0.15) is 13.2 Å². The number of alkyl halides is 3. The number of nitrogens with zero attached hydrogens (tertiary/aromatic N) is 4. The molecule has 1 amide bonds. The molecule has 1 atom stereocenters. The first kappa shape index (κ1) is 30.3. The first-order valence-corrected chi connectivity index (χ1v) is 14.5. The number of carbonyl (C=O) groups is 1. The standard InChI is InChI=1S/C32H40F3N5O2/c1-21(2)29-17-38(4)10-11-39(29)15-23-12-26-27(28(13-23)32(33,34)35)16-40(30(26)41)25-7-5-6-24(14-25)31(19-42-20-31)18-37-9-8-22(3)36/h5-9,12-14,21,29H,10-11,15-20,36H2,1-4H3/b22-8-,37-9?/t29-/m1/s1. The number of allylic oxidation sites excluding steroid dienone is 2. The average molecular weight is 584 g/mol. The molecule has 2 saturated heterocycles. The van der Waals surface area contributed by atoms with Crippen LogP contribution in [0.3, 0.4) is 0 Å². The number of hydrogen-bond acceptors (Lipinski definition) is 6. The minimum absolute atomic E-state index is 0.0377. The summed E-state index contributed by atoms with van der Waals surface area (Å²) in [7, 11) is 2.07. The second-order valence-corrected chi connectivity index (χ2v) is 12.3. The molecule has 3 aliphatic heterocycles. The lowest BCUT2D eigenvalue weighted by atomic mass is 9.78. The van der Waals surface area contributed by atoms with Gasteiger partial charge in [0, 0.05) is 55.4 Å². The van der Waals surface area contributed by atoms with Crippen molar-refractivity contribution in [1.82, 2.24) is 9.80 Å². The third-order valence-corrected chi connectivity index (χ3v) is 8.66. The highest BCUT2D eigenvalue weighted by atomic mass is 19.4. The second kappa shape index (κ2) is 11.8. The van der Waals surface area contributed by atoms with E-state index in [4.69, 9.17) is 10.5 Å². The van der Waals surface area contributed by atoms with Gasteiger partial charge in [-0.3, -0.25) is 14.7 Å². The number of benzene rings is 2. The van der Waals surface area contributed by atoms with Gasteiger partial charge in [0.15, 0.2) is 0 Å². The van der Waals surface area contributed by atoms with Gasteiger partial charge in [-0.1, -0.05) is 26.0 Å². The molecule has 5 rings (SSSR count). The van der Waals surface area contributed by atoms with Crippen molar-refractivity contribution >= 4 is 17.8 Å². The second-order valence-electron chi connectivity index (χ2n) is 12.3. The third kappa shape index (κ3) is 6.11. The van der Waals surface area contributed by atoms with Crippen LogP contribution in [0.1, 0.15) is 53.4 Å². The van der Waals surface area contributed by atoms with Crippen LogP contribution in [0.5, 0.6) is 0 Å². The zero-order valence-corrected chi connectivity index (χ0v) is 24.7. The van der Waals surface area contributed by atoms with E-state index in [1.807, 2.05) is 18.2 Å². The smallest absolute Gasteiger partial charge is 0.402 e. The van der Waals surface area contributed by atoms with Gasteiger partial charge in [-0.05, 0) is 66.9 Å². The molecule has 0 spiro atoms. The lowest BCUT2D eigenvalue weighted by Gasteiger charge is -2.42. The fourth-order valence-electron chi connectivity index (χ4n) is 6.17. The molecule has 3 heterocycles. The molecule has 0 bridgehead atoms. The molecule has 0 aliphatic carbocycles. The summed E-state index contributed by atoms with van der Waals surface area (Å²) in [4.78, 5) is 24.2. The van der Waals surface area contributed by atoms with Crippen molar-refractivity contribution in [3.05, 3.63) is 76.0 Å². The number of amides is 1. The summed E-state index contributed by atoms with van der Waals surface area (Å²) in [6, 6.07) is 10.6. The van der Waals surface area contributed by atoms with Crippen LogP contribution in [-0.2, 0) is 29.4 Å². The Hall–Kier alpha value is -3.21. The fraction of sp³-hybridized carbons (Fsp3) is 0.500. The highest BCUT2D eigenvalue weighted by Crippen LogP contribution is 2.41. The van der Waals surface area contributed by atoms with Crippen molar-refractivity contribution in [2.45, 2.75) is 51.5 Å². The average Bonchev–Trinajstić information content (AvgIpc) is 3.23. The molecular formula is C32H40F3N5O2. The van der Waals surface area contributed by atoms with Crippen LogP contribution < -0.4 is 10.6 Å². The lowest BCUT2D eigenvalue weighted by molar-refractivity contribution is -0.138. The van der Waals surface area contributed by atoms with Crippen molar-refractivity contribution in [1.29, 1.82) is 0 Å². The Bertz CT molecular complexity index is 1380. The maximum absolute atomic E-state index is 14.4. The Morgan fingerprint density at radius 2 is 1.98 bits per heavy atom. The summed E-state index contributed by atoms with van der Waals surface area (Å²) < 4.78 is 48.7. The maximum Gasteiger partial charge on any atom is 0.416 e. The molecule has 226 valence electrons. The summed E-state index contributed by atoms with van der Waals surface area (Å²) in [5.41, 5.74) is 7.45. The van der Waals surface area contributed by atoms with E-state index in [9.17, 15) is 18.0 Å². The molecule has 2 N–H and O–H groups in total. The van der Waals surface area contributed by atoms with Gasteiger partial charge in [0.05, 0.1) is 37.3 Å². The van der Waals surface area contributed by atoms with E-state index in [0.717, 1.165) is 25.2 Å². The monoisotopic (exact) mass is 583 g/mol. The summed E-state index contributed by atoms with van der Waals surface area (Å²) in [5, 5.41) is 0. The molecule has 3 aliphatic rings. The van der Waals surface area contributed by atoms with Gasteiger partial charge in [-0.25, -0.2) is 0 Å². The van der Waals surface area contributed by atoms with E-state index in [0.29, 0.717) is 49.2 Å². The number of rotatable bonds is 8. The Balaban J connectivity index is 1.43. The molecule has 0 unspecified atom stereocenters. The van der Waals surface area contributed by atoms with Crippen LogP contribution in [0.15, 0.2) is 53.2 Å². The highest BCUT2D eigenvalue weighted by Gasteiger charge is 2.43. The number of nitrogens with two attached hydrogens (primary N) is 1. The predicted molar refractivity (Wildman–Crippen MR) is 159 cm³/mol. The summed E-state index contributed by atoms with van der Waals surface area (Å²) in [6.07, 6.45) is -1.18. The number of ether oxygens (including phenoxy) is 1. The fourth-order valence-corrected chi connectivity index (χ4v) is 6.17. The van der Waals surface area contributed by atoms with Crippen molar-refractivity contribution in [3.63, 3.8) is 0 Å². The van der Waals surface area contributed by atoms with Crippen LogP contribution in [0, 0.1) is 5.92 Å². The Kier molecular flexibility index (Phi) is 8.51. The molecule has 10 heteroatoms. The molecule has 7 nitrogen and oxygen atoms in total. The van der Waals surface area contributed by atoms with E-state index in [1.165, 1.54) is 11.0 Å². The summed E-state index contributed by atoms with van der Waals surface area (Å²) in [6.45, 7) is 10.2. The first-order chi connectivity index (χ1) is 19.9. The maximum atomic E-state index is 14.4. The summed E-state index contributed by atoms with van der Waals surface area (Å²) in [5.74, 6) is -0.0567. The van der Waals surface area contributed by atoms with Crippen molar-refractivity contribution in [2.75, 3.05) is 51.3 Å². The van der Waals surface area contributed by atoms with E-state index in [1.54, 1.807) is 31.3 Å². The van der Waals surface area contributed by atoms with Gasteiger partial charge < -0.3 is 20.3 Å². The number of aliphatic imine (C=N–C) groups is 1. The van der Waals surface area contributed by atoms with Crippen molar-refractivity contribution < 1.29 is 22.7 Å². The molecule has 0 radical (unpaired) electrons. The van der Waals surface area contributed by atoms with Gasteiger partial charge in [-0.15, -0.1) is 0 Å². The van der Waals surface area contributed by atoms with Crippen LogP contribution >= 0.6 is 0 Å². The summed E-state index contributed by atoms with van der Waals surface area (Å²) >= 11 is 0. The topological polar surface area (TPSA) is 74.4 Å². The van der Waals surface area contributed by atoms with Crippen LogP contribution in [-0.4, -0.2) is 74.4 Å². The highest BCUT2D eigenvalue weighted by molar-refractivity contribution is 6.10. The third-order valence-electron chi connectivity index (χ3n) is 8.66. The van der Waals surface area contributed by atoms with E-state index < -0.39 is 17.6 Å². The molecule has 2 aromatic rings. The zero-order valence-electron chi connectivity index (χ0n) is 24.7. The molecule has 2 fully saturated rings. The predicted octanol–water partition coefficient (Wildman–Crippen LogP) is 4.84.